The first-order valence-electron chi connectivity index (χ1n) is 1.13. The van der Waals surface area contributed by atoms with Gasteiger partial charge in [-0.05, 0) is 0 Å². The number of hydrogen-bond acceptors (Lipinski definition) is 2. The summed E-state index contributed by atoms with van der Waals surface area (Å²) in [6, 6.07) is 0. The molecule has 0 saturated heterocycles. The molecule has 2 N–H and O–H groups in total. The zero-order chi connectivity index (χ0) is 3.41. The Balaban J connectivity index is -0.0000000150. The minimum atomic E-state index is -0.125. The Hall–Kier alpha value is 0.994. The zero-order valence-corrected chi connectivity index (χ0v) is 5.88. The molecule has 0 radical (unpaired) electrons. The summed E-state index contributed by atoms with van der Waals surface area (Å²) in [5.41, 5.74) is 0. The molecule has 0 fully saturated rings. The molecule has 0 aromatic carbocycles. The summed E-state index contributed by atoms with van der Waals surface area (Å²) in [5, 5.41) is 15.2. The van der Waals surface area contributed by atoms with E-state index in [1.165, 1.54) is 0 Å². The van der Waals surface area contributed by atoms with Gasteiger partial charge < -0.3 is 35.0 Å². The van der Waals surface area contributed by atoms with Crippen molar-refractivity contribution in [2.24, 2.45) is 0 Å². The van der Waals surface area contributed by atoms with Crippen molar-refractivity contribution in [1.29, 1.82) is 0 Å². The average Bonchev–Trinajstić information content (AvgIpc) is 1.37. The van der Waals surface area contributed by atoms with Crippen molar-refractivity contribution >= 4 is 0 Å². The van der Waals surface area contributed by atoms with Crippen molar-refractivity contribution in [3.8, 4) is 0 Å². The summed E-state index contributed by atoms with van der Waals surface area (Å²) in [4.78, 5) is 0. The van der Waals surface area contributed by atoms with Crippen LogP contribution >= 0.6 is 0 Å². The van der Waals surface area contributed by atoms with Gasteiger partial charge in [0, 0.05) is 0 Å². The number of aliphatic hydroxyl groups excluding tert-OH is 2. The van der Waals surface area contributed by atoms with Crippen LogP contribution in [0.3, 0.4) is 0 Å². The van der Waals surface area contributed by atoms with Crippen LogP contribution in [0.25, 0.3) is 0 Å². The summed E-state index contributed by atoms with van der Waals surface area (Å²) in [5.74, 6) is 0. The molecule has 0 amide bonds. The van der Waals surface area contributed by atoms with Crippen LogP contribution in [0, 0.1) is 0 Å². The van der Waals surface area contributed by atoms with Crippen LogP contribution in [0.15, 0.2) is 0 Å². The van der Waals surface area contributed by atoms with Crippen LogP contribution in [0.1, 0.15) is 0 Å². The summed E-state index contributed by atoms with van der Waals surface area (Å²) < 4.78 is 0. The van der Waals surface area contributed by atoms with Crippen LogP contribution in [-0.4, -0.2) is 23.4 Å². The van der Waals surface area contributed by atoms with Gasteiger partial charge in [0.15, 0.2) is 0 Å². The maximum atomic E-state index is 7.62. The Morgan fingerprint density at radius 2 is 1.00 bits per heavy atom. The van der Waals surface area contributed by atoms with Gasteiger partial charge in [-0.25, -0.2) is 0 Å². The van der Waals surface area contributed by atoms with E-state index in [0.29, 0.717) is 0 Å². The van der Waals surface area contributed by atoms with Gasteiger partial charge in [-0.1, -0.05) is 0 Å². The Kier molecular flexibility index (Phi) is 98.2. The molecule has 0 aromatic heterocycles. The topological polar surface area (TPSA) is 40.5 Å². The van der Waals surface area contributed by atoms with Crippen LogP contribution in [0.2, 0.25) is 0 Å². The van der Waals surface area contributed by atoms with E-state index in [1.807, 2.05) is 0 Å². The van der Waals surface area contributed by atoms with Crippen molar-refractivity contribution in [3.05, 3.63) is 0 Å². The Bertz CT molecular complexity index is 15.7. The van der Waals surface area contributed by atoms with E-state index < -0.39 is 0 Å². The average molecular weight is 192 g/mol. The molecule has 0 spiro atoms. The summed E-state index contributed by atoms with van der Waals surface area (Å²) >= 11 is 0. The SMILES string of the molecule is OCCO.[Cl-].[Cl-].[Ni+2]. The molecular formula is C2H6Cl2NiO2. The number of hydrogen-bond donors (Lipinski definition) is 2. The van der Waals surface area contributed by atoms with Gasteiger partial charge >= 0.3 is 16.5 Å². The van der Waals surface area contributed by atoms with Crippen molar-refractivity contribution in [1.82, 2.24) is 0 Å². The molecule has 0 aliphatic carbocycles. The molecule has 0 heterocycles. The van der Waals surface area contributed by atoms with Gasteiger partial charge in [-0.3, -0.25) is 0 Å². The normalized spacial score (nSPS) is 4.29. The maximum Gasteiger partial charge on any atom is 2.00 e. The van der Waals surface area contributed by atoms with Gasteiger partial charge in [-0.2, -0.15) is 0 Å². The third kappa shape index (κ3) is 43.9. The molecule has 0 aromatic rings. The van der Waals surface area contributed by atoms with Gasteiger partial charge in [0.2, 0.25) is 0 Å². The van der Waals surface area contributed by atoms with E-state index in [1.54, 1.807) is 0 Å². The molecule has 0 rings (SSSR count). The predicted octanol–water partition coefficient (Wildman–Crippen LogP) is -7.02. The third-order valence-corrected chi connectivity index (χ3v) is 0.1000. The van der Waals surface area contributed by atoms with Crippen LogP contribution < -0.4 is 24.8 Å². The fourth-order valence-electron chi connectivity index (χ4n) is 0. The summed E-state index contributed by atoms with van der Waals surface area (Å²) in [6.45, 7) is -0.250. The fraction of sp³-hybridized carbons (Fsp3) is 1.00. The second-order valence-corrected chi connectivity index (χ2v) is 0.447. The number of aliphatic hydroxyl groups is 2. The molecule has 0 bridgehead atoms. The van der Waals surface area contributed by atoms with Crippen LogP contribution in [0.5, 0.6) is 0 Å². The van der Waals surface area contributed by atoms with Crippen molar-refractivity contribution in [2.45, 2.75) is 0 Å². The molecule has 0 saturated carbocycles. The fourth-order valence-corrected chi connectivity index (χ4v) is 0. The Morgan fingerprint density at radius 1 is 0.857 bits per heavy atom. The summed E-state index contributed by atoms with van der Waals surface area (Å²) in [6.07, 6.45) is 0. The minimum absolute atomic E-state index is 0. The van der Waals surface area contributed by atoms with E-state index in [0.717, 1.165) is 0 Å². The van der Waals surface area contributed by atoms with E-state index in [-0.39, 0.29) is 54.5 Å². The zero-order valence-electron chi connectivity index (χ0n) is 3.38. The number of rotatable bonds is 1. The van der Waals surface area contributed by atoms with Crippen molar-refractivity contribution < 1.29 is 51.5 Å². The molecule has 50 valence electrons. The quantitative estimate of drug-likeness (QED) is 0.405. The molecule has 0 unspecified atom stereocenters. The van der Waals surface area contributed by atoms with Gasteiger partial charge in [0.1, 0.15) is 0 Å². The first-order valence-corrected chi connectivity index (χ1v) is 1.13. The van der Waals surface area contributed by atoms with E-state index in [2.05, 4.69) is 0 Å². The van der Waals surface area contributed by atoms with Gasteiger partial charge in [0.05, 0.1) is 13.2 Å². The maximum absolute atomic E-state index is 7.62. The van der Waals surface area contributed by atoms with E-state index >= 15 is 0 Å². The van der Waals surface area contributed by atoms with Crippen molar-refractivity contribution in [3.63, 3.8) is 0 Å². The van der Waals surface area contributed by atoms with Crippen molar-refractivity contribution in [2.75, 3.05) is 13.2 Å². The molecule has 0 aliphatic rings. The van der Waals surface area contributed by atoms with E-state index in [9.17, 15) is 0 Å². The second kappa shape index (κ2) is 28.0. The molecule has 2 nitrogen and oxygen atoms in total. The summed E-state index contributed by atoms with van der Waals surface area (Å²) in [7, 11) is 0. The third-order valence-electron chi connectivity index (χ3n) is 0.1000. The molecule has 0 aliphatic heterocycles. The van der Waals surface area contributed by atoms with Gasteiger partial charge in [0.25, 0.3) is 0 Å². The predicted molar refractivity (Wildman–Crippen MR) is 14.2 cm³/mol. The molecule has 5 heteroatoms. The van der Waals surface area contributed by atoms with Gasteiger partial charge in [-0.15, -0.1) is 0 Å². The van der Waals surface area contributed by atoms with Crippen LogP contribution in [-0.2, 0) is 16.5 Å². The Labute approximate surface area is 65.0 Å². The monoisotopic (exact) mass is 190 g/mol. The number of halogens is 2. The molecule has 7 heavy (non-hydrogen) atoms. The largest absolute Gasteiger partial charge is 2.00 e. The van der Waals surface area contributed by atoms with Crippen LogP contribution in [0.4, 0.5) is 0 Å². The molecule has 0 atom stereocenters. The first-order chi connectivity index (χ1) is 1.91. The van der Waals surface area contributed by atoms with E-state index in [4.69, 9.17) is 10.2 Å². The first kappa shape index (κ1) is 24.5. The Morgan fingerprint density at radius 3 is 1.00 bits per heavy atom. The molecular weight excluding hydrogens is 186 g/mol. The second-order valence-electron chi connectivity index (χ2n) is 0.447. The minimum Gasteiger partial charge on any atom is -1.00 e. The smallest absolute Gasteiger partial charge is 1.00 e. The standard InChI is InChI=1S/C2H6O2.2ClH.Ni/c3-1-2-4;;;/h3-4H,1-2H2;2*1H;/q;;;+2/p-2.